The van der Waals surface area contributed by atoms with Crippen molar-refractivity contribution in [3.05, 3.63) is 0 Å². The lowest BCUT2D eigenvalue weighted by Crippen LogP contribution is -2.65. The molecule has 2 nitrogen and oxygen atoms in total. The van der Waals surface area contributed by atoms with Crippen LogP contribution in [0.5, 0.6) is 0 Å². The second kappa shape index (κ2) is 8.30. The Morgan fingerprint density at radius 2 is 1.71 bits per heavy atom. The Labute approximate surface area is 193 Å². The average Bonchev–Trinajstić information content (AvgIpc) is 3.32. The van der Waals surface area contributed by atoms with Crippen LogP contribution < -0.4 is 5.32 Å². The van der Waals surface area contributed by atoms with Crippen molar-refractivity contribution in [2.75, 3.05) is 13.2 Å². The summed E-state index contributed by atoms with van der Waals surface area (Å²) in [5.74, 6) is 6.23. The molecule has 5 fully saturated rings. The Morgan fingerprint density at radius 3 is 2.45 bits per heavy atom. The molecule has 0 bridgehead atoms. The average molecular weight is 430 g/mol. The van der Waals surface area contributed by atoms with Gasteiger partial charge in [-0.15, -0.1) is 0 Å². The van der Waals surface area contributed by atoms with Crippen LogP contribution in [0.4, 0.5) is 0 Å². The number of ether oxygens (including phenoxy) is 1. The van der Waals surface area contributed by atoms with E-state index in [0.29, 0.717) is 10.8 Å². The Balaban J connectivity index is 1.38. The molecule has 0 aromatic carbocycles. The van der Waals surface area contributed by atoms with Crippen molar-refractivity contribution in [2.24, 2.45) is 52.3 Å². The number of rotatable bonds is 5. The van der Waals surface area contributed by atoms with Crippen molar-refractivity contribution in [3.63, 3.8) is 0 Å². The zero-order chi connectivity index (χ0) is 21.9. The highest BCUT2D eigenvalue weighted by atomic mass is 16.5. The van der Waals surface area contributed by atoms with Crippen LogP contribution >= 0.6 is 0 Å². The van der Waals surface area contributed by atoms with Gasteiger partial charge in [-0.05, 0) is 91.3 Å². The molecule has 2 heteroatoms. The molecule has 5 rings (SSSR count). The number of nitrogens with one attached hydrogen (secondary N) is 1. The summed E-state index contributed by atoms with van der Waals surface area (Å²) in [6.07, 6.45) is 17.3. The zero-order valence-electron chi connectivity index (χ0n) is 21.3. The van der Waals surface area contributed by atoms with Gasteiger partial charge in [-0.1, -0.05) is 66.7 Å². The summed E-state index contributed by atoms with van der Waals surface area (Å²) in [5.41, 5.74) is 1.09. The minimum atomic E-state index is 0.00948. The minimum absolute atomic E-state index is 0.00948. The molecule has 1 heterocycles. The summed E-state index contributed by atoms with van der Waals surface area (Å²) in [6.45, 7) is 14.8. The first-order valence-electron chi connectivity index (χ1n) is 14.2. The van der Waals surface area contributed by atoms with Gasteiger partial charge in [-0.25, -0.2) is 0 Å². The molecule has 0 amide bonds. The number of hydrogen-bond acceptors (Lipinski definition) is 2. The van der Waals surface area contributed by atoms with Crippen LogP contribution in [-0.4, -0.2) is 18.9 Å². The smallest absolute Gasteiger partial charge is 0.123 e. The Bertz CT molecular complexity index is 639. The fraction of sp³-hybridized carbons (Fsp3) is 1.00. The predicted octanol–water partition coefficient (Wildman–Crippen LogP) is 7.42. The molecule has 4 aliphatic carbocycles. The lowest BCUT2D eigenvalue weighted by molar-refractivity contribution is -0.217. The van der Waals surface area contributed by atoms with Crippen molar-refractivity contribution < 1.29 is 4.74 Å². The zero-order valence-corrected chi connectivity index (χ0v) is 21.3. The number of hydrogen-bond donors (Lipinski definition) is 1. The van der Waals surface area contributed by atoms with E-state index in [0.717, 1.165) is 54.6 Å². The molecular weight excluding hydrogens is 378 g/mol. The normalized spacial score (nSPS) is 50.3. The maximum atomic E-state index is 6.69. The molecular formula is C29H51NO. The van der Waals surface area contributed by atoms with Crippen molar-refractivity contribution >= 4 is 0 Å². The number of fused-ring (bicyclic) bond motifs is 6. The van der Waals surface area contributed by atoms with E-state index in [1.165, 1.54) is 77.0 Å². The highest BCUT2D eigenvalue weighted by molar-refractivity contribution is 5.14. The van der Waals surface area contributed by atoms with Gasteiger partial charge in [0.1, 0.15) is 5.72 Å². The topological polar surface area (TPSA) is 21.3 Å². The lowest BCUT2D eigenvalue weighted by atomic mass is 9.42. The highest BCUT2D eigenvalue weighted by Gasteiger charge is 2.66. The summed E-state index contributed by atoms with van der Waals surface area (Å²) in [5, 5.41) is 3.97. The third-order valence-corrected chi connectivity index (χ3v) is 11.7. The van der Waals surface area contributed by atoms with Gasteiger partial charge in [-0.2, -0.15) is 0 Å². The summed E-state index contributed by atoms with van der Waals surface area (Å²) < 4.78 is 6.69. The summed E-state index contributed by atoms with van der Waals surface area (Å²) in [4.78, 5) is 0. The fourth-order valence-corrected chi connectivity index (χ4v) is 10.4. The Morgan fingerprint density at radius 1 is 0.903 bits per heavy atom. The van der Waals surface area contributed by atoms with Gasteiger partial charge in [0.25, 0.3) is 0 Å². The van der Waals surface area contributed by atoms with Gasteiger partial charge < -0.3 is 4.74 Å². The second-order valence-corrected chi connectivity index (χ2v) is 13.6. The van der Waals surface area contributed by atoms with Gasteiger partial charge in [0, 0.05) is 12.5 Å². The van der Waals surface area contributed by atoms with Gasteiger partial charge in [0.05, 0.1) is 6.61 Å². The van der Waals surface area contributed by atoms with Gasteiger partial charge in [0.2, 0.25) is 0 Å². The van der Waals surface area contributed by atoms with Crippen LogP contribution in [0, 0.1) is 52.3 Å². The molecule has 178 valence electrons. The van der Waals surface area contributed by atoms with Crippen LogP contribution in [0.1, 0.15) is 112 Å². The van der Waals surface area contributed by atoms with E-state index < -0.39 is 0 Å². The summed E-state index contributed by atoms with van der Waals surface area (Å²) in [6, 6.07) is 0. The first-order chi connectivity index (χ1) is 14.8. The van der Waals surface area contributed by atoms with E-state index >= 15 is 0 Å². The molecule has 4 saturated carbocycles. The molecule has 5 aliphatic rings. The van der Waals surface area contributed by atoms with E-state index in [1.54, 1.807) is 0 Å². The quantitative estimate of drug-likeness (QED) is 0.491. The van der Waals surface area contributed by atoms with Gasteiger partial charge in [0.15, 0.2) is 0 Å². The lowest BCUT2D eigenvalue weighted by Gasteiger charge is -2.65. The first-order valence-corrected chi connectivity index (χ1v) is 14.2. The van der Waals surface area contributed by atoms with Crippen LogP contribution in [0.2, 0.25) is 0 Å². The first kappa shape index (κ1) is 22.7. The van der Waals surface area contributed by atoms with Crippen LogP contribution in [0.25, 0.3) is 0 Å². The molecule has 1 aliphatic heterocycles. The summed E-state index contributed by atoms with van der Waals surface area (Å²) >= 11 is 0. The molecule has 1 spiro atoms. The van der Waals surface area contributed by atoms with E-state index in [4.69, 9.17) is 4.74 Å². The summed E-state index contributed by atoms with van der Waals surface area (Å²) in [7, 11) is 0. The predicted molar refractivity (Wildman–Crippen MR) is 130 cm³/mol. The maximum Gasteiger partial charge on any atom is 0.123 e. The van der Waals surface area contributed by atoms with E-state index in [9.17, 15) is 0 Å². The molecule has 0 radical (unpaired) electrons. The van der Waals surface area contributed by atoms with Crippen LogP contribution in [-0.2, 0) is 4.74 Å². The Hall–Kier alpha value is -0.0800. The Kier molecular flexibility index (Phi) is 6.08. The van der Waals surface area contributed by atoms with E-state index in [1.807, 2.05) is 0 Å². The minimum Gasteiger partial charge on any atom is -0.359 e. The monoisotopic (exact) mass is 429 g/mol. The molecule has 0 aromatic rings. The molecule has 1 saturated heterocycles. The van der Waals surface area contributed by atoms with Crippen molar-refractivity contribution in [2.45, 2.75) is 117 Å². The fourth-order valence-electron chi connectivity index (χ4n) is 10.4. The largest absolute Gasteiger partial charge is 0.359 e. The SMILES string of the molecule is CC(C)CCC[C@@H](C)[C@H]1CC[C@H]2[C@@H]3C[C@]4(NCCO4)[C@H]4CCCC[C@]4(C)[C@H]3CC[C@]12C. The van der Waals surface area contributed by atoms with Crippen molar-refractivity contribution in [1.29, 1.82) is 0 Å². The molecule has 0 unspecified atom stereocenters. The third-order valence-electron chi connectivity index (χ3n) is 11.7. The maximum absolute atomic E-state index is 6.69. The molecule has 1 N–H and O–H groups in total. The van der Waals surface area contributed by atoms with Gasteiger partial charge in [-0.3, -0.25) is 5.32 Å². The van der Waals surface area contributed by atoms with Crippen molar-refractivity contribution in [3.8, 4) is 0 Å². The third kappa shape index (κ3) is 3.56. The molecule has 0 aromatic heterocycles. The molecule has 31 heavy (non-hydrogen) atoms. The van der Waals surface area contributed by atoms with E-state index in [-0.39, 0.29) is 5.72 Å². The van der Waals surface area contributed by atoms with Gasteiger partial charge >= 0.3 is 0 Å². The highest BCUT2D eigenvalue weighted by Crippen LogP contribution is 2.70. The van der Waals surface area contributed by atoms with Crippen LogP contribution in [0.15, 0.2) is 0 Å². The van der Waals surface area contributed by atoms with E-state index in [2.05, 4.69) is 39.9 Å². The second-order valence-electron chi connectivity index (χ2n) is 13.6. The van der Waals surface area contributed by atoms with Crippen molar-refractivity contribution in [1.82, 2.24) is 5.32 Å². The molecule has 9 atom stereocenters. The standard InChI is InChI=1S/C29H51NO/c1-20(2)9-8-10-21(3)23-12-13-24-22-19-29(30-17-18-31-29)26-11-6-7-15-28(26,5)25(22)14-16-27(23,24)4/h20-26,30H,6-19H2,1-5H3/t21-,22+,23-,24+,25+,26+,27-,28-,29-/m1/s1. The van der Waals surface area contributed by atoms with Crippen LogP contribution in [0.3, 0.4) is 0 Å².